The van der Waals surface area contributed by atoms with Gasteiger partial charge < -0.3 is 19.8 Å². The Morgan fingerprint density at radius 3 is 1.31 bits per heavy atom. The molecule has 67 heavy (non-hydrogen) atoms. The lowest BCUT2D eigenvalue weighted by Crippen LogP contribution is -2.45. The van der Waals surface area contributed by atoms with Gasteiger partial charge in [-0.25, -0.2) is 4.57 Å². The van der Waals surface area contributed by atoms with Crippen LogP contribution in [-0.4, -0.2) is 73.4 Å². The Morgan fingerprint density at radius 1 is 0.522 bits per heavy atom. The van der Waals surface area contributed by atoms with Gasteiger partial charge in [-0.15, -0.1) is 0 Å². The average Bonchev–Trinajstić information content (AvgIpc) is 3.29. The normalized spacial score (nSPS) is 15.3. The largest absolute Gasteiger partial charge is 0.472 e. The first-order valence-electron chi connectivity index (χ1n) is 25.7. The lowest BCUT2D eigenvalue weighted by atomic mass is 10.1. The summed E-state index contributed by atoms with van der Waals surface area (Å²) in [5.74, 6) is -0.210. The number of aliphatic hydroxyl groups excluding tert-OH is 1. The maximum atomic E-state index is 12.8. The van der Waals surface area contributed by atoms with E-state index in [2.05, 4.69) is 153 Å². The molecule has 8 nitrogen and oxygen atoms in total. The fraction of sp³-hybridized carbons (Fsp3) is 0.569. The van der Waals surface area contributed by atoms with E-state index in [-0.39, 0.29) is 19.1 Å². The lowest BCUT2D eigenvalue weighted by Gasteiger charge is -2.25. The molecule has 9 heteroatoms. The molecular weight excluding hydrogens is 852 g/mol. The van der Waals surface area contributed by atoms with Gasteiger partial charge in [-0.1, -0.05) is 198 Å². The minimum Gasteiger partial charge on any atom is -0.387 e. The monoisotopic (exact) mass is 948 g/mol. The Bertz CT molecular complexity index is 1590. The molecule has 3 atom stereocenters. The number of aliphatic hydroxyl groups is 1. The summed E-state index contributed by atoms with van der Waals surface area (Å²) in [4.78, 5) is 23.0. The van der Waals surface area contributed by atoms with E-state index in [9.17, 15) is 19.4 Å². The second kappa shape index (κ2) is 47.4. The fourth-order valence-electron chi connectivity index (χ4n) is 6.28. The van der Waals surface area contributed by atoms with Crippen molar-refractivity contribution >= 4 is 13.7 Å². The number of hydrogen-bond acceptors (Lipinski definition) is 5. The summed E-state index contributed by atoms with van der Waals surface area (Å²) in [5, 5.41) is 13.7. The molecule has 0 aromatic rings. The number of rotatable bonds is 44. The van der Waals surface area contributed by atoms with Crippen LogP contribution in [-0.2, 0) is 18.4 Å². The molecule has 0 aromatic heterocycles. The van der Waals surface area contributed by atoms with Crippen LogP contribution in [0.15, 0.2) is 146 Å². The van der Waals surface area contributed by atoms with Crippen LogP contribution in [0.3, 0.4) is 0 Å². The topological polar surface area (TPSA) is 105 Å². The van der Waals surface area contributed by atoms with Crippen LogP contribution in [0.4, 0.5) is 0 Å². The SMILES string of the molecule is CC/C=C\C/C=C\C/C=C\C/C=C\C/C=C\C/C=C\C/C=C\C/C=C\C/C=C\C/C=C\C/C=C\CCCCCCCC(=O)NC(COP(=O)(O)OCC[N+](C)(C)C)C(O)/C=C/CCCCCC. The second-order valence-electron chi connectivity index (χ2n) is 17.8. The Hall–Kier alpha value is -3.62. The highest BCUT2D eigenvalue weighted by Crippen LogP contribution is 2.43. The van der Waals surface area contributed by atoms with Crippen molar-refractivity contribution in [3.05, 3.63) is 146 Å². The van der Waals surface area contributed by atoms with Crippen LogP contribution in [0.1, 0.15) is 162 Å². The smallest absolute Gasteiger partial charge is 0.387 e. The summed E-state index contributed by atoms with van der Waals surface area (Å²) in [7, 11) is 1.53. The number of carbonyl (C=O) groups excluding carboxylic acids is 1. The molecule has 0 aliphatic heterocycles. The number of nitrogens with one attached hydrogen (secondary N) is 1. The first-order valence-corrected chi connectivity index (χ1v) is 27.2. The van der Waals surface area contributed by atoms with Crippen molar-refractivity contribution in [1.29, 1.82) is 0 Å². The molecule has 0 spiro atoms. The zero-order chi connectivity index (χ0) is 49.2. The number of hydrogen-bond donors (Lipinski definition) is 3. The molecule has 1 amide bonds. The molecule has 3 N–H and O–H groups in total. The minimum absolute atomic E-state index is 0.0486. The van der Waals surface area contributed by atoms with Gasteiger partial charge in [-0.2, -0.15) is 0 Å². The predicted octanol–water partition coefficient (Wildman–Crippen LogP) is 15.4. The van der Waals surface area contributed by atoms with E-state index in [4.69, 9.17) is 9.05 Å². The third-order valence-corrected chi connectivity index (χ3v) is 11.3. The molecular formula is C58H96N2O6P+. The van der Waals surface area contributed by atoms with Gasteiger partial charge in [0, 0.05) is 6.42 Å². The van der Waals surface area contributed by atoms with E-state index in [1.165, 1.54) is 6.42 Å². The summed E-state index contributed by atoms with van der Waals surface area (Å²) < 4.78 is 23.4. The highest BCUT2D eigenvalue weighted by molar-refractivity contribution is 7.47. The van der Waals surface area contributed by atoms with Crippen LogP contribution < -0.4 is 5.32 Å². The number of unbranched alkanes of at least 4 members (excludes halogenated alkanes) is 9. The average molecular weight is 948 g/mol. The van der Waals surface area contributed by atoms with Crippen LogP contribution in [0, 0.1) is 0 Å². The maximum Gasteiger partial charge on any atom is 0.472 e. The zero-order valence-electron chi connectivity index (χ0n) is 42.8. The molecule has 0 fully saturated rings. The molecule has 0 rings (SSSR count). The van der Waals surface area contributed by atoms with E-state index in [1.807, 2.05) is 27.2 Å². The van der Waals surface area contributed by atoms with Gasteiger partial charge in [0.15, 0.2) is 0 Å². The molecule has 0 saturated carbocycles. The highest BCUT2D eigenvalue weighted by atomic mass is 31.2. The van der Waals surface area contributed by atoms with E-state index in [0.29, 0.717) is 17.4 Å². The molecule has 0 heterocycles. The molecule has 0 saturated heterocycles. The third kappa shape index (κ3) is 50.1. The van der Waals surface area contributed by atoms with Crippen molar-refractivity contribution < 1.29 is 32.9 Å². The first kappa shape index (κ1) is 63.4. The molecule has 0 aliphatic rings. The summed E-state index contributed by atoms with van der Waals surface area (Å²) in [5.41, 5.74) is 0. The summed E-state index contributed by atoms with van der Waals surface area (Å²) in [6.45, 7) is 4.56. The van der Waals surface area contributed by atoms with E-state index < -0.39 is 20.0 Å². The number of phosphoric acid groups is 1. The Labute approximate surface area is 410 Å². The van der Waals surface area contributed by atoms with E-state index in [0.717, 1.165) is 135 Å². The van der Waals surface area contributed by atoms with Gasteiger partial charge in [0.1, 0.15) is 13.2 Å². The molecule has 3 unspecified atom stereocenters. The third-order valence-electron chi connectivity index (χ3n) is 10.3. The molecule has 0 aromatic carbocycles. The van der Waals surface area contributed by atoms with Crippen molar-refractivity contribution in [3.8, 4) is 0 Å². The molecule has 0 radical (unpaired) electrons. The van der Waals surface area contributed by atoms with Crippen molar-refractivity contribution in [2.45, 2.75) is 174 Å². The first-order chi connectivity index (χ1) is 32.5. The van der Waals surface area contributed by atoms with Gasteiger partial charge in [0.25, 0.3) is 0 Å². The highest BCUT2D eigenvalue weighted by Gasteiger charge is 2.27. The molecule has 378 valence electrons. The van der Waals surface area contributed by atoms with Crippen molar-refractivity contribution in [3.63, 3.8) is 0 Å². The van der Waals surface area contributed by atoms with Gasteiger partial charge >= 0.3 is 7.82 Å². The van der Waals surface area contributed by atoms with Gasteiger partial charge in [0.2, 0.25) is 5.91 Å². The van der Waals surface area contributed by atoms with Crippen molar-refractivity contribution in [2.24, 2.45) is 0 Å². The number of carbonyl (C=O) groups is 1. The number of likely N-dealkylation sites (N-methyl/N-ethyl adjacent to an activating group) is 1. The number of phosphoric ester groups is 1. The summed E-state index contributed by atoms with van der Waals surface area (Å²) in [6, 6.07) is -0.864. The second-order valence-corrected chi connectivity index (χ2v) is 19.3. The Kier molecular flexibility index (Phi) is 44.9. The fourth-order valence-corrected chi connectivity index (χ4v) is 7.01. The predicted molar refractivity (Wildman–Crippen MR) is 290 cm³/mol. The maximum absolute atomic E-state index is 12.8. The van der Waals surface area contributed by atoms with Gasteiger partial charge in [-0.3, -0.25) is 13.8 Å². The van der Waals surface area contributed by atoms with E-state index >= 15 is 0 Å². The van der Waals surface area contributed by atoms with Gasteiger partial charge in [-0.05, 0) is 103 Å². The summed E-state index contributed by atoms with van der Waals surface area (Å²) >= 11 is 0. The summed E-state index contributed by atoms with van der Waals surface area (Å²) in [6.07, 6.45) is 74.1. The van der Waals surface area contributed by atoms with Crippen LogP contribution in [0.25, 0.3) is 0 Å². The molecule has 0 bridgehead atoms. The van der Waals surface area contributed by atoms with Crippen LogP contribution in [0.2, 0.25) is 0 Å². The number of nitrogens with zero attached hydrogens (tertiary/aromatic N) is 1. The van der Waals surface area contributed by atoms with Crippen LogP contribution >= 0.6 is 7.82 Å². The standard InChI is InChI=1S/C58H95N2O6P/c1-6-8-10-12-14-15-16-17-18-19-20-21-22-23-24-25-26-27-28-29-30-31-32-33-34-35-36-37-38-39-40-41-42-43-44-45-46-48-50-52-58(62)59-56(57(61)51-49-47-13-11-9-7-2)55-66-67(63,64)65-54-53-60(3,4)5/h8,10,14-15,17-18,20-21,23-24,26-27,29-30,32-33,35-36,38-39,41-42,49,51,56-57,61H,6-7,9,11-13,16,19,22,25,28,31,34,37,40,43-48,50,52-55H2,1-5H3,(H-,59,62,63,64)/p+1/b10-8-,15-14-,18-17-,21-20-,24-23-,27-26-,30-29-,33-32-,36-35-,39-38-,42-41-,51-49+. The quantitative estimate of drug-likeness (QED) is 0.0243. The lowest BCUT2D eigenvalue weighted by molar-refractivity contribution is -0.870. The number of quaternary nitrogens is 1. The number of amides is 1. The minimum atomic E-state index is -4.34. The molecule has 0 aliphatic carbocycles. The van der Waals surface area contributed by atoms with Crippen LogP contribution in [0.5, 0.6) is 0 Å². The zero-order valence-corrected chi connectivity index (χ0v) is 43.7. The number of allylic oxidation sites excluding steroid dienone is 23. The van der Waals surface area contributed by atoms with Crippen molar-refractivity contribution in [2.75, 3.05) is 40.9 Å². The van der Waals surface area contributed by atoms with E-state index in [1.54, 1.807) is 6.08 Å². The Balaban J connectivity index is 4.07. The van der Waals surface area contributed by atoms with Gasteiger partial charge in [0.05, 0.1) is 39.9 Å². The Morgan fingerprint density at radius 2 is 0.896 bits per heavy atom. The van der Waals surface area contributed by atoms with Crippen molar-refractivity contribution in [1.82, 2.24) is 5.32 Å².